The standard InChI is InChI=1S/C12H17BrN2O2S/c1-12(2)6-8(12)7-15-18(16,17)11-5-9(14)3-4-10(11)13/h3-5,8,15H,6-7,14H2,1-2H3. The number of nitrogens with two attached hydrogens (primary N) is 1. The van der Waals surface area contributed by atoms with Crippen molar-refractivity contribution in [3.05, 3.63) is 22.7 Å². The van der Waals surface area contributed by atoms with Gasteiger partial charge in [-0.25, -0.2) is 13.1 Å². The highest BCUT2D eigenvalue weighted by Crippen LogP contribution is 2.51. The highest BCUT2D eigenvalue weighted by molar-refractivity contribution is 9.10. The van der Waals surface area contributed by atoms with Crippen molar-refractivity contribution in [2.75, 3.05) is 12.3 Å². The van der Waals surface area contributed by atoms with Gasteiger partial charge in [0, 0.05) is 16.7 Å². The molecule has 6 heteroatoms. The van der Waals surface area contributed by atoms with E-state index in [-0.39, 0.29) is 10.3 Å². The minimum atomic E-state index is -3.50. The smallest absolute Gasteiger partial charge is 0.241 e. The van der Waals surface area contributed by atoms with Gasteiger partial charge in [-0.1, -0.05) is 13.8 Å². The fourth-order valence-electron chi connectivity index (χ4n) is 1.94. The van der Waals surface area contributed by atoms with Crippen molar-refractivity contribution >= 4 is 31.6 Å². The summed E-state index contributed by atoms with van der Waals surface area (Å²) in [6.45, 7) is 4.77. The molecule has 1 atom stereocenters. The van der Waals surface area contributed by atoms with Crippen LogP contribution in [0.1, 0.15) is 20.3 Å². The Morgan fingerprint density at radius 2 is 2.11 bits per heavy atom. The molecule has 1 aromatic carbocycles. The van der Waals surface area contributed by atoms with Crippen LogP contribution < -0.4 is 10.5 Å². The summed E-state index contributed by atoms with van der Waals surface area (Å²) in [5.41, 5.74) is 6.32. The van der Waals surface area contributed by atoms with Crippen molar-refractivity contribution in [3.8, 4) is 0 Å². The van der Waals surface area contributed by atoms with Crippen molar-refractivity contribution in [2.24, 2.45) is 11.3 Å². The lowest BCUT2D eigenvalue weighted by atomic mass is 10.1. The summed E-state index contributed by atoms with van der Waals surface area (Å²) >= 11 is 3.24. The molecule has 0 heterocycles. The Morgan fingerprint density at radius 3 is 2.67 bits per heavy atom. The van der Waals surface area contributed by atoms with Crippen molar-refractivity contribution in [1.29, 1.82) is 0 Å². The first-order chi connectivity index (χ1) is 8.22. The topological polar surface area (TPSA) is 72.2 Å². The Kier molecular flexibility index (Phi) is 3.46. The number of hydrogen-bond acceptors (Lipinski definition) is 3. The first-order valence-corrected chi connectivity index (χ1v) is 8.05. The Labute approximate surface area is 116 Å². The lowest BCUT2D eigenvalue weighted by Gasteiger charge is -2.10. The highest BCUT2D eigenvalue weighted by Gasteiger charge is 2.45. The number of hydrogen-bond donors (Lipinski definition) is 2. The summed E-state index contributed by atoms with van der Waals surface area (Å²) in [7, 11) is -3.50. The number of nitrogen functional groups attached to an aromatic ring is 1. The normalized spacial score (nSPS) is 21.8. The SMILES string of the molecule is CC1(C)CC1CNS(=O)(=O)c1cc(N)ccc1Br. The second-order valence-corrected chi connectivity index (χ2v) is 8.02. The Hall–Kier alpha value is -0.590. The van der Waals surface area contributed by atoms with Gasteiger partial charge >= 0.3 is 0 Å². The molecular formula is C12H17BrN2O2S. The van der Waals surface area contributed by atoms with Crippen LogP contribution in [-0.2, 0) is 10.0 Å². The molecule has 2 rings (SSSR count). The zero-order chi connectivity index (χ0) is 13.6. The Morgan fingerprint density at radius 1 is 1.50 bits per heavy atom. The molecule has 18 heavy (non-hydrogen) atoms. The molecule has 0 radical (unpaired) electrons. The molecule has 0 saturated heterocycles. The molecule has 1 aliphatic carbocycles. The van der Waals surface area contributed by atoms with Gasteiger partial charge in [-0.05, 0) is 51.9 Å². The van der Waals surface area contributed by atoms with Crippen LogP contribution >= 0.6 is 15.9 Å². The van der Waals surface area contributed by atoms with Crippen LogP contribution in [0, 0.1) is 11.3 Å². The van der Waals surface area contributed by atoms with E-state index in [1.54, 1.807) is 12.1 Å². The van der Waals surface area contributed by atoms with Gasteiger partial charge in [0.15, 0.2) is 0 Å². The lowest BCUT2D eigenvalue weighted by molar-refractivity contribution is 0.537. The maximum absolute atomic E-state index is 12.2. The summed E-state index contributed by atoms with van der Waals surface area (Å²) in [4.78, 5) is 0.195. The van der Waals surface area contributed by atoms with E-state index in [1.807, 2.05) is 0 Å². The van der Waals surface area contributed by atoms with Crippen LogP contribution in [0.15, 0.2) is 27.6 Å². The van der Waals surface area contributed by atoms with E-state index < -0.39 is 10.0 Å². The zero-order valence-corrected chi connectivity index (χ0v) is 12.8. The van der Waals surface area contributed by atoms with Gasteiger partial charge < -0.3 is 5.73 Å². The fourth-order valence-corrected chi connectivity index (χ4v) is 4.02. The average molecular weight is 333 g/mol. The van der Waals surface area contributed by atoms with E-state index in [2.05, 4.69) is 34.5 Å². The van der Waals surface area contributed by atoms with Crippen LogP contribution in [0.25, 0.3) is 0 Å². The maximum atomic E-state index is 12.2. The summed E-state index contributed by atoms with van der Waals surface area (Å²) < 4.78 is 27.5. The van der Waals surface area contributed by atoms with E-state index in [0.717, 1.165) is 6.42 Å². The first-order valence-electron chi connectivity index (χ1n) is 5.77. The minimum Gasteiger partial charge on any atom is -0.399 e. The van der Waals surface area contributed by atoms with Crippen molar-refractivity contribution in [3.63, 3.8) is 0 Å². The van der Waals surface area contributed by atoms with Crippen molar-refractivity contribution < 1.29 is 8.42 Å². The molecule has 100 valence electrons. The van der Waals surface area contributed by atoms with Crippen LogP contribution in [-0.4, -0.2) is 15.0 Å². The molecule has 0 amide bonds. The molecule has 4 nitrogen and oxygen atoms in total. The number of nitrogens with one attached hydrogen (secondary N) is 1. The van der Waals surface area contributed by atoms with Gasteiger partial charge in [0.05, 0.1) is 4.90 Å². The monoisotopic (exact) mass is 332 g/mol. The molecule has 0 spiro atoms. The zero-order valence-electron chi connectivity index (χ0n) is 10.4. The molecule has 0 aromatic heterocycles. The Balaban J connectivity index is 2.13. The number of sulfonamides is 1. The second kappa shape index (κ2) is 4.51. The van der Waals surface area contributed by atoms with Gasteiger partial charge in [0.1, 0.15) is 0 Å². The van der Waals surface area contributed by atoms with Gasteiger partial charge in [-0.15, -0.1) is 0 Å². The summed E-state index contributed by atoms with van der Waals surface area (Å²) in [5, 5.41) is 0. The molecule has 1 aromatic rings. The number of anilines is 1. The molecule has 0 aliphatic heterocycles. The third kappa shape index (κ3) is 2.87. The first kappa shape index (κ1) is 13.8. The van der Waals surface area contributed by atoms with Crippen molar-refractivity contribution in [2.45, 2.75) is 25.2 Å². The molecular weight excluding hydrogens is 316 g/mol. The van der Waals surface area contributed by atoms with E-state index in [1.165, 1.54) is 6.07 Å². The molecule has 3 N–H and O–H groups in total. The Bertz CT molecular complexity index is 569. The van der Waals surface area contributed by atoms with Gasteiger partial charge in [0.2, 0.25) is 10.0 Å². The second-order valence-electron chi connectivity index (χ2n) is 5.43. The van der Waals surface area contributed by atoms with Gasteiger partial charge in [-0.2, -0.15) is 0 Å². The number of halogens is 1. The van der Waals surface area contributed by atoms with Crippen molar-refractivity contribution in [1.82, 2.24) is 4.72 Å². The maximum Gasteiger partial charge on any atom is 0.241 e. The highest BCUT2D eigenvalue weighted by atomic mass is 79.9. The summed E-state index contributed by atoms with van der Waals surface area (Å²) in [6.07, 6.45) is 1.06. The molecule has 1 unspecified atom stereocenters. The predicted octanol–water partition coefficient (Wildman–Crippen LogP) is 2.36. The minimum absolute atomic E-state index is 0.195. The summed E-state index contributed by atoms with van der Waals surface area (Å²) in [5.74, 6) is 0.423. The number of benzene rings is 1. The quantitative estimate of drug-likeness (QED) is 0.831. The van der Waals surface area contributed by atoms with Crippen LogP contribution in [0.5, 0.6) is 0 Å². The third-order valence-corrected chi connectivity index (χ3v) is 5.90. The van der Waals surface area contributed by atoms with Gasteiger partial charge in [0.25, 0.3) is 0 Å². The molecule has 1 saturated carbocycles. The van der Waals surface area contributed by atoms with Crippen LogP contribution in [0.3, 0.4) is 0 Å². The average Bonchev–Trinajstić information content (AvgIpc) is 2.87. The fraction of sp³-hybridized carbons (Fsp3) is 0.500. The predicted molar refractivity (Wildman–Crippen MR) is 75.6 cm³/mol. The summed E-state index contributed by atoms with van der Waals surface area (Å²) in [6, 6.07) is 4.77. The van der Waals surface area contributed by atoms with E-state index in [0.29, 0.717) is 22.6 Å². The lowest BCUT2D eigenvalue weighted by Crippen LogP contribution is -2.27. The third-order valence-electron chi connectivity index (χ3n) is 3.48. The molecule has 0 bridgehead atoms. The number of rotatable bonds is 4. The van der Waals surface area contributed by atoms with Gasteiger partial charge in [-0.3, -0.25) is 0 Å². The van der Waals surface area contributed by atoms with E-state index in [9.17, 15) is 8.42 Å². The molecule has 1 aliphatic rings. The van der Waals surface area contributed by atoms with Crippen LogP contribution in [0.4, 0.5) is 5.69 Å². The van der Waals surface area contributed by atoms with E-state index >= 15 is 0 Å². The van der Waals surface area contributed by atoms with E-state index in [4.69, 9.17) is 5.73 Å². The largest absolute Gasteiger partial charge is 0.399 e. The van der Waals surface area contributed by atoms with Crippen LogP contribution in [0.2, 0.25) is 0 Å². The molecule has 1 fully saturated rings.